The van der Waals surface area contributed by atoms with E-state index < -0.39 is 23.7 Å². The Labute approximate surface area is 104 Å². The fraction of sp³-hybridized carbons (Fsp3) is 0.167. The van der Waals surface area contributed by atoms with Crippen LogP contribution in [0.2, 0.25) is 0 Å². The summed E-state index contributed by atoms with van der Waals surface area (Å²) in [7, 11) is 1.49. The van der Waals surface area contributed by atoms with Crippen LogP contribution in [-0.2, 0) is 4.79 Å². The molecular formula is C12H13N3O3. The number of carbonyl (C=O) groups excluding carboxylic acids is 2. The van der Waals surface area contributed by atoms with Crippen LogP contribution in [0.1, 0.15) is 11.6 Å². The first-order valence-corrected chi connectivity index (χ1v) is 5.41. The van der Waals surface area contributed by atoms with Crippen LogP contribution in [0.15, 0.2) is 36.1 Å². The van der Waals surface area contributed by atoms with E-state index in [-0.39, 0.29) is 0 Å². The second-order valence-electron chi connectivity index (χ2n) is 3.79. The minimum absolute atomic E-state index is 0.395. The van der Waals surface area contributed by atoms with Gasteiger partial charge in [-0.2, -0.15) is 0 Å². The van der Waals surface area contributed by atoms with Crippen molar-refractivity contribution in [3.05, 3.63) is 41.7 Å². The molecule has 0 spiro atoms. The summed E-state index contributed by atoms with van der Waals surface area (Å²) in [5.41, 5.74) is 1.27. The number of hydrogen-bond acceptors (Lipinski definition) is 3. The summed E-state index contributed by atoms with van der Waals surface area (Å²) >= 11 is 0. The number of urea groups is 1. The Hall–Kier alpha value is -2.50. The summed E-state index contributed by atoms with van der Waals surface area (Å²) in [6.07, 6.45) is 1.30. The Balaban J connectivity index is 2.41. The predicted octanol–water partition coefficient (Wildman–Crippen LogP) is 1.05. The molecule has 0 fully saturated rings. The van der Waals surface area contributed by atoms with E-state index in [4.69, 9.17) is 0 Å². The van der Waals surface area contributed by atoms with Gasteiger partial charge in [0, 0.05) is 18.3 Å². The lowest BCUT2D eigenvalue weighted by molar-refractivity contribution is -0.115. The molecule has 0 aromatic heterocycles. The van der Waals surface area contributed by atoms with Crippen LogP contribution in [0.5, 0.6) is 0 Å². The fourth-order valence-electron chi connectivity index (χ4n) is 1.72. The molecule has 3 amide bonds. The first-order valence-electron chi connectivity index (χ1n) is 5.41. The van der Waals surface area contributed by atoms with Gasteiger partial charge < -0.3 is 21.1 Å². The van der Waals surface area contributed by atoms with Crippen molar-refractivity contribution in [2.45, 2.75) is 6.04 Å². The molecule has 1 aromatic rings. The molecular weight excluding hydrogens is 234 g/mol. The van der Waals surface area contributed by atoms with Gasteiger partial charge in [0.05, 0.1) is 6.04 Å². The average molecular weight is 247 g/mol. The van der Waals surface area contributed by atoms with Gasteiger partial charge in [-0.3, -0.25) is 4.79 Å². The zero-order valence-corrected chi connectivity index (χ0v) is 9.73. The monoisotopic (exact) mass is 247 g/mol. The summed E-state index contributed by atoms with van der Waals surface area (Å²) in [6.45, 7) is 0. The molecule has 2 rings (SSSR count). The maximum atomic E-state index is 11.5. The van der Waals surface area contributed by atoms with E-state index in [1.54, 1.807) is 24.3 Å². The number of hydrogen-bond donors (Lipinski definition) is 4. The molecule has 1 aromatic carbocycles. The van der Waals surface area contributed by atoms with E-state index in [0.717, 1.165) is 0 Å². The van der Waals surface area contributed by atoms with Gasteiger partial charge in [-0.25, -0.2) is 4.79 Å². The third kappa shape index (κ3) is 2.27. The molecule has 1 unspecified atom stereocenters. The number of aliphatic hydroxyl groups is 1. The van der Waals surface area contributed by atoms with Crippen molar-refractivity contribution in [1.29, 1.82) is 0 Å². The van der Waals surface area contributed by atoms with E-state index in [9.17, 15) is 14.7 Å². The summed E-state index contributed by atoms with van der Waals surface area (Å²) in [5.74, 6) is -1.02. The highest BCUT2D eigenvalue weighted by Gasteiger charge is 2.23. The van der Waals surface area contributed by atoms with Gasteiger partial charge in [0.25, 0.3) is 5.91 Å². The SMILES string of the molecule is CNC(=O)NC1C=C(O)C(=O)Nc2ccccc21. The standard InChI is InChI=1S/C12H13N3O3/c1-13-12(18)15-9-6-10(16)11(17)14-8-5-3-2-4-7(8)9/h2-6,9,16H,1H3,(H,14,17)(H2,13,15,18). The molecule has 1 aliphatic rings. The van der Waals surface area contributed by atoms with Crippen LogP contribution >= 0.6 is 0 Å². The first-order chi connectivity index (χ1) is 8.61. The van der Waals surface area contributed by atoms with Crippen molar-refractivity contribution in [3.8, 4) is 0 Å². The minimum atomic E-state index is -0.594. The van der Waals surface area contributed by atoms with Crippen molar-refractivity contribution in [2.75, 3.05) is 12.4 Å². The lowest BCUT2D eigenvalue weighted by Crippen LogP contribution is -2.35. The first kappa shape index (κ1) is 12.0. The minimum Gasteiger partial charge on any atom is -0.503 e. The number of anilines is 1. The Morgan fingerprint density at radius 2 is 2.11 bits per heavy atom. The molecule has 1 aliphatic heterocycles. The molecule has 0 aliphatic carbocycles. The highest BCUT2D eigenvalue weighted by atomic mass is 16.3. The van der Waals surface area contributed by atoms with Crippen molar-refractivity contribution >= 4 is 17.6 Å². The van der Waals surface area contributed by atoms with E-state index in [0.29, 0.717) is 11.3 Å². The summed E-state index contributed by atoms with van der Waals surface area (Å²) in [4.78, 5) is 22.9. The van der Waals surface area contributed by atoms with Gasteiger partial charge in [-0.05, 0) is 12.1 Å². The topological polar surface area (TPSA) is 90.5 Å². The molecule has 94 valence electrons. The van der Waals surface area contributed by atoms with Gasteiger partial charge in [-0.15, -0.1) is 0 Å². The number of rotatable bonds is 1. The number of benzene rings is 1. The van der Waals surface area contributed by atoms with Crippen molar-refractivity contribution in [1.82, 2.24) is 10.6 Å². The van der Waals surface area contributed by atoms with Crippen molar-refractivity contribution in [2.24, 2.45) is 0 Å². The smallest absolute Gasteiger partial charge is 0.315 e. The summed E-state index contributed by atoms with van der Waals surface area (Å²) in [5, 5.41) is 17.2. The Morgan fingerprint density at radius 1 is 1.39 bits per heavy atom. The van der Waals surface area contributed by atoms with E-state index in [1.165, 1.54) is 13.1 Å². The largest absolute Gasteiger partial charge is 0.503 e. The maximum Gasteiger partial charge on any atom is 0.315 e. The second-order valence-corrected chi connectivity index (χ2v) is 3.79. The van der Waals surface area contributed by atoms with Crippen LogP contribution < -0.4 is 16.0 Å². The van der Waals surface area contributed by atoms with E-state index in [2.05, 4.69) is 16.0 Å². The molecule has 6 heteroatoms. The number of amides is 3. The molecule has 18 heavy (non-hydrogen) atoms. The van der Waals surface area contributed by atoms with Crippen molar-refractivity contribution < 1.29 is 14.7 Å². The van der Waals surface area contributed by atoms with Gasteiger partial charge >= 0.3 is 6.03 Å². The molecule has 0 saturated carbocycles. The van der Waals surface area contributed by atoms with Gasteiger partial charge in [0.1, 0.15) is 0 Å². The van der Waals surface area contributed by atoms with Crippen LogP contribution in [0.3, 0.4) is 0 Å². The molecule has 1 heterocycles. The molecule has 6 nitrogen and oxygen atoms in total. The Kier molecular flexibility index (Phi) is 3.18. The van der Waals surface area contributed by atoms with Gasteiger partial charge in [0.15, 0.2) is 5.76 Å². The molecule has 0 radical (unpaired) electrons. The Morgan fingerprint density at radius 3 is 2.83 bits per heavy atom. The lowest BCUT2D eigenvalue weighted by atomic mass is 10.1. The highest BCUT2D eigenvalue weighted by molar-refractivity contribution is 6.03. The van der Waals surface area contributed by atoms with Crippen molar-refractivity contribution in [3.63, 3.8) is 0 Å². The third-order valence-electron chi connectivity index (χ3n) is 2.61. The molecule has 4 N–H and O–H groups in total. The van der Waals surface area contributed by atoms with Crippen LogP contribution in [0, 0.1) is 0 Å². The number of para-hydroxylation sites is 1. The summed E-state index contributed by atoms with van der Waals surface area (Å²) < 4.78 is 0. The number of carbonyl (C=O) groups is 2. The van der Waals surface area contributed by atoms with E-state index >= 15 is 0 Å². The van der Waals surface area contributed by atoms with Crippen LogP contribution in [0.4, 0.5) is 10.5 Å². The fourth-order valence-corrected chi connectivity index (χ4v) is 1.72. The van der Waals surface area contributed by atoms with Gasteiger partial charge in [0.2, 0.25) is 0 Å². The van der Waals surface area contributed by atoms with E-state index in [1.807, 2.05) is 0 Å². The van der Waals surface area contributed by atoms with Gasteiger partial charge in [-0.1, -0.05) is 18.2 Å². The lowest BCUT2D eigenvalue weighted by Gasteiger charge is -2.16. The Bertz CT molecular complexity index is 525. The number of fused-ring (bicyclic) bond motifs is 1. The zero-order valence-electron chi connectivity index (χ0n) is 9.73. The number of aliphatic hydroxyl groups excluding tert-OH is 1. The maximum absolute atomic E-state index is 11.5. The molecule has 0 saturated heterocycles. The average Bonchev–Trinajstić information content (AvgIpc) is 2.48. The third-order valence-corrected chi connectivity index (χ3v) is 2.61. The van der Waals surface area contributed by atoms with Crippen LogP contribution in [-0.4, -0.2) is 24.1 Å². The summed E-state index contributed by atoms with van der Waals surface area (Å²) in [6, 6.07) is 6.06. The van der Waals surface area contributed by atoms with Crippen LogP contribution in [0.25, 0.3) is 0 Å². The molecule has 1 atom stereocenters. The molecule has 0 bridgehead atoms. The normalized spacial score (nSPS) is 17.9. The zero-order chi connectivity index (χ0) is 13.1. The second kappa shape index (κ2) is 4.79. The number of nitrogens with one attached hydrogen (secondary N) is 3. The highest BCUT2D eigenvalue weighted by Crippen LogP contribution is 2.27. The predicted molar refractivity (Wildman–Crippen MR) is 66.1 cm³/mol. The quantitative estimate of drug-likeness (QED) is 0.598.